The molecule has 1 amide bonds. The second kappa shape index (κ2) is 6.74. The van der Waals surface area contributed by atoms with Gasteiger partial charge in [0.1, 0.15) is 0 Å². The van der Waals surface area contributed by atoms with Gasteiger partial charge in [-0.2, -0.15) is 0 Å². The monoisotopic (exact) mass is 343 g/mol. The molecule has 0 spiro atoms. The molecule has 0 saturated carbocycles. The van der Waals surface area contributed by atoms with Gasteiger partial charge in [-0.1, -0.05) is 6.92 Å². The maximum Gasteiger partial charge on any atom is 0.247 e. The summed E-state index contributed by atoms with van der Waals surface area (Å²) in [6, 6.07) is 5.56. The predicted octanol–water partition coefficient (Wildman–Crippen LogP) is 2.97. The SMILES string of the molecule is CCCC(=O)N1CCC[C@@H](c2nnc(-c3ccc4c(c3)OCO4)o2)C1. The van der Waals surface area contributed by atoms with Crippen LogP contribution in [0.1, 0.15) is 44.4 Å². The van der Waals surface area contributed by atoms with E-state index in [0.29, 0.717) is 30.5 Å². The third-order valence-electron chi connectivity index (χ3n) is 4.65. The number of benzene rings is 1. The van der Waals surface area contributed by atoms with Crippen LogP contribution in [0.2, 0.25) is 0 Å². The summed E-state index contributed by atoms with van der Waals surface area (Å²) in [5.41, 5.74) is 0.803. The summed E-state index contributed by atoms with van der Waals surface area (Å²) in [7, 11) is 0. The molecular weight excluding hydrogens is 322 g/mol. The van der Waals surface area contributed by atoms with Crippen LogP contribution in [-0.4, -0.2) is 40.9 Å². The van der Waals surface area contributed by atoms with E-state index < -0.39 is 0 Å². The lowest BCUT2D eigenvalue weighted by Crippen LogP contribution is -2.39. The molecule has 2 aliphatic rings. The minimum absolute atomic E-state index is 0.102. The van der Waals surface area contributed by atoms with Crippen molar-refractivity contribution in [3.8, 4) is 23.0 Å². The lowest BCUT2D eigenvalue weighted by atomic mass is 9.97. The Balaban J connectivity index is 1.50. The normalized spacial score (nSPS) is 19.2. The fourth-order valence-corrected chi connectivity index (χ4v) is 3.32. The molecule has 1 atom stereocenters. The van der Waals surface area contributed by atoms with E-state index in [0.717, 1.165) is 37.1 Å². The Bertz CT molecular complexity index is 773. The van der Waals surface area contributed by atoms with E-state index in [1.807, 2.05) is 30.0 Å². The topological polar surface area (TPSA) is 77.7 Å². The summed E-state index contributed by atoms with van der Waals surface area (Å²) in [6.07, 6.45) is 3.38. The van der Waals surface area contributed by atoms with Gasteiger partial charge in [0.25, 0.3) is 0 Å². The van der Waals surface area contributed by atoms with Crippen LogP contribution in [0.5, 0.6) is 11.5 Å². The van der Waals surface area contributed by atoms with Gasteiger partial charge in [-0.05, 0) is 37.5 Å². The standard InChI is InChI=1S/C18H21N3O4/c1-2-4-16(22)21-8-3-5-13(10-21)18-20-19-17(25-18)12-6-7-14-15(9-12)24-11-23-14/h6-7,9,13H,2-5,8,10-11H2,1H3/t13-/m1/s1. The Morgan fingerprint density at radius 2 is 2.16 bits per heavy atom. The number of carbonyl (C=O) groups is 1. The first-order valence-electron chi connectivity index (χ1n) is 8.76. The number of fused-ring (bicyclic) bond motifs is 1. The van der Waals surface area contributed by atoms with Crippen molar-refractivity contribution in [1.82, 2.24) is 15.1 Å². The minimum Gasteiger partial charge on any atom is -0.454 e. The van der Waals surface area contributed by atoms with E-state index in [2.05, 4.69) is 10.2 Å². The van der Waals surface area contributed by atoms with Crippen LogP contribution in [-0.2, 0) is 4.79 Å². The smallest absolute Gasteiger partial charge is 0.247 e. The van der Waals surface area contributed by atoms with Gasteiger partial charge in [0, 0.05) is 25.1 Å². The number of rotatable bonds is 4. The lowest BCUT2D eigenvalue weighted by Gasteiger charge is -2.31. The van der Waals surface area contributed by atoms with Crippen LogP contribution in [0, 0.1) is 0 Å². The summed E-state index contributed by atoms with van der Waals surface area (Å²) in [4.78, 5) is 14.1. The number of likely N-dealkylation sites (tertiary alicyclic amines) is 1. The molecule has 0 aliphatic carbocycles. The second-order valence-corrected chi connectivity index (χ2v) is 6.44. The van der Waals surface area contributed by atoms with Crippen molar-refractivity contribution in [2.24, 2.45) is 0 Å². The van der Waals surface area contributed by atoms with Crippen LogP contribution in [0.4, 0.5) is 0 Å². The van der Waals surface area contributed by atoms with Gasteiger partial charge >= 0.3 is 0 Å². The minimum atomic E-state index is 0.102. The number of carbonyl (C=O) groups excluding carboxylic acids is 1. The molecule has 0 unspecified atom stereocenters. The van der Waals surface area contributed by atoms with Crippen molar-refractivity contribution in [3.63, 3.8) is 0 Å². The zero-order valence-electron chi connectivity index (χ0n) is 14.2. The van der Waals surface area contributed by atoms with Gasteiger partial charge in [0.2, 0.25) is 24.5 Å². The Hall–Kier alpha value is -2.57. The van der Waals surface area contributed by atoms with Crippen LogP contribution in [0.25, 0.3) is 11.5 Å². The van der Waals surface area contributed by atoms with Crippen molar-refractivity contribution < 1.29 is 18.7 Å². The van der Waals surface area contributed by atoms with Gasteiger partial charge in [-0.3, -0.25) is 4.79 Å². The average molecular weight is 343 g/mol. The maximum absolute atomic E-state index is 12.1. The Morgan fingerprint density at radius 1 is 1.28 bits per heavy atom. The maximum atomic E-state index is 12.1. The molecule has 3 heterocycles. The molecule has 132 valence electrons. The molecule has 7 heteroatoms. The highest BCUT2D eigenvalue weighted by atomic mass is 16.7. The molecule has 1 fully saturated rings. The number of ether oxygens (including phenoxy) is 2. The Labute approximate surface area is 145 Å². The van der Waals surface area contributed by atoms with Crippen molar-refractivity contribution in [1.29, 1.82) is 0 Å². The molecule has 0 N–H and O–H groups in total. The largest absolute Gasteiger partial charge is 0.454 e. The van der Waals surface area contributed by atoms with E-state index >= 15 is 0 Å². The lowest BCUT2D eigenvalue weighted by molar-refractivity contribution is -0.132. The zero-order chi connectivity index (χ0) is 17.2. The van der Waals surface area contributed by atoms with E-state index in [-0.39, 0.29) is 18.6 Å². The van der Waals surface area contributed by atoms with Gasteiger partial charge in [0.05, 0.1) is 5.92 Å². The molecule has 4 rings (SSSR count). The average Bonchev–Trinajstić information content (AvgIpc) is 3.31. The highest BCUT2D eigenvalue weighted by Crippen LogP contribution is 2.36. The molecule has 2 aromatic rings. The first-order chi connectivity index (χ1) is 12.2. The van der Waals surface area contributed by atoms with E-state index in [9.17, 15) is 4.79 Å². The first kappa shape index (κ1) is 15.9. The highest BCUT2D eigenvalue weighted by Gasteiger charge is 2.28. The third-order valence-corrected chi connectivity index (χ3v) is 4.65. The van der Waals surface area contributed by atoms with Crippen molar-refractivity contribution in [2.75, 3.05) is 19.9 Å². The van der Waals surface area contributed by atoms with Crippen LogP contribution >= 0.6 is 0 Å². The van der Waals surface area contributed by atoms with Gasteiger partial charge < -0.3 is 18.8 Å². The van der Waals surface area contributed by atoms with E-state index in [1.165, 1.54) is 0 Å². The molecule has 1 aromatic carbocycles. The first-order valence-corrected chi connectivity index (χ1v) is 8.76. The molecule has 7 nitrogen and oxygen atoms in total. The molecule has 1 saturated heterocycles. The second-order valence-electron chi connectivity index (χ2n) is 6.44. The summed E-state index contributed by atoms with van der Waals surface area (Å²) < 4.78 is 16.6. The molecule has 2 aliphatic heterocycles. The van der Waals surface area contributed by atoms with Crippen molar-refractivity contribution >= 4 is 5.91 Å². The van der Waals surface area contributed by atoms with Crippen molar-refractivity contribution in [3.05, 3.63) is 24.1 Å². The number of hydrogen-bond donors (Lipinski definition) is 0. The number of piperidine rings is 1. The van der Waals surface area contributed by atoms with Crippen LogP contribution < -0.4 is 9.47 Å². The van der Waals surface area contributed by atoms with E-state index in [1.54, 1.807) is 0 Å². The van der Waals surface area contributed by atoms with Gasteiger partial charge in [-0.15, -0.1) is 10.2 Å². The summed E-state index contributed by atoms with van der Waals surface area (Å²) >= 11 is 0. The Kier molecular flexibility index (Phi) is 4.29. The summed E-state index contributed by atoms with van der Waals surface area (Å²) in [5, 5.41) is 8.40. The molecule has 1 aromatic heterocycles. The van der Waals surface area contributed by atoms with Gasteiger partial charge in [0.15, 0.2) is 11.5 Å². The number of aromatic nitrogens is 2. The fraction of sp³-hybridized carbons (Fsp3) is 0.500. The highest BCUT2D eigenvalue weighted by molar-refractivity contribution is 5.76. The molecule has 0 radical (unpaired) electrons. The van der Waals surface area contributed by atoms with E-state index in [4.69, 9.17) is 13.9 Å². The Morgan fingerprint density at radius 3 is 3.04 bits per heavy atom. The van der Waals surface area contributed by atoms with Crippen molar-refractivity contribution in [2.45, 2.75) is 38.5 Å². The summed E-state index contributed by atoms with van der Waals surface area (Å²) in [5.74, 6) is 2.78. The van der Waals surface area contributed by atoms with Crippen LogP contribution in [0.15, 0.2) is 22.6 Å². The number of amides is 1. The third kappa shape index (κ3) is 3.18. The van der Waals surface area contributed by atoms with Gasteiger partial charge in [-0.25, -0.2) is 0 Å². The molecule has 0 bridgehead atoms. The fourth-order valence-electron chi connectivity index (χ4n) is 3.32. The molecular formula is C18H21N3O4. The number of nitrogens with zero attached hydrogens (tertiary/aromatic N) is 3. The predicted molar refractivity (Wildman–Crippen MR) is 89.3 cm³/mol. The quantitative estimate of drug-likeness (QED) is 0.849. The van der Waals surface area contributed by atoms with Crippen LogP contribution in [0.3, 0.4) is 0 Å². The molecule has 25 heavy (non-hydrogen) atoms. The number of hydrogen-bond acceptors (Lipinski definition) is 6. The zero-order valence-corrected chi connectivity index (χ0v) is 14.2. The summed E-state index contributed by atoms with van der Waals surface area (Å²) in [6.45, 7) is 3.73.